The number of aliphatic hydroxyl groups excluding tert-OH is 2. The second-order valence-corrected chi connectivity index (χ2v) is 10.5. The lowest BCUT2D eigenvalue weighted by Gasteiger charge is -2.25. The fourth-order valence-electron chi connectivity index (χ4n) is 3.88. The first kappa shape index (κ1) is 32.9. The van der Waals surface area contributed by atoms with Crippen LogP contribution >= 0.6 is 0 Å². The molecule has 0 fully saturated rings. The predicted octanol–water partition coefficient (Wildman–Crippen LogP) is 5.37. The molecule has 0 aliphatic carbocycles. The maximum absolute atomic E-state index is 12.0. The van der Waals surface area contributed by atoms with Gasteiger partial charge in [0.05, 0.1) is 19.8 Å². The third kappa shape index (κ3) is 9.19. The first-order chi connectivity index (χ1) is 20.5. The summed E-state index contributed by atoms with van der Waals surface area (Å²) in [6.45, 7) is 14.2. The molecule has 0 bridgehead atoms. The molecule has 0 radical (unpaired) electrons. The van der Waals surface area contributed by atoms with Crippen LogP contribution in [0.25, 0.3) is 11.1 Å². The van der Waals surface area contributed by atoms with Gasteiger partial charge in [-0.1, -0.05) is 26.1 Å². The molecule has 0 unspecified atom stereocenters. The van der Waals surface area contributed by atoms with Gasteiger partial charge in [0.15, 0.2) is 11.5 Å². The summed E-state index contributed by atoms with van der Waals surface area (Å²) in [6.07, 6.45) is 1.06. The highest BCUT2D eigenvalue weighted by molar-refractivity contribution is 5.88. The smallest absolute Gasteiger partial charge is 0.338 e. The second kappa shape index (κ2) is 15.0. The highest BCUT2D eigenvalue weighted by atomic mass is 16.6. The van der Waals surface area contributed by atoms with Crippen molar-refractivity contribution in [3.05, 3.63) is 90.5 Å². The lowest BCUT2D eigenvalue weighted by molar-refractivity contribution is -0.130. The topological polar surface area (TPSA) is 121 Å². The van der Waals surface area contributed by atoms with Crippen molar-refractivity contribution in [3.8, 4) is 39.9 Å². The maximum atomic E-state index is 12.0. The van der Waals surface area contributed by atoms with Gasteiger partial charge in [0.1, 0.15) is 30.5 Å². The van der Waals surface area contributed by atoms with Crippen molar-refractivity contribution in [1.29, 1.82) is 0 Å². The Morgan fingerprint density at radius 2 is 1.42 bits per heavy atom. The minimum Gasteiger partial charge on any atom is -0.490 e. The Bertz CT molecular complexity index is 1430. The van der Waals surface area contributed by atoms with Gasteiger partial charge in [0.25, 0.3) is 0 Å². The summed E-state index contributed by atoms with van der Waals surface area (Å²) in [7, 11) is 0. The fraction of sp³-hybridized carbons (Fsp3) is 0.294. The van der Waals surface area contributed by atoms with Crippen LogP contribution in [0, 0.1) is 19.3 Å². The number of carbonyl (C=O) groups is 2. The highest BCUT2D eigenvalue weighted by Crippen LogP contribution is 2.36. The van der Waals surface area contributed by atoms with Crippen LogP contribution < -0.4 is 23.7 Å². The molecule has 0 amide bonds. The van der Waals surface area contributed by atoms with Gasteiger partial charge in [-0.3, -0.25) is 0 Å². The Morgan fingerprint density at radius 3 is 2.00 bits per heavy atom. The molecule has 0 heterocycles. The van der Waals surface area contributed by atoms with Gasteiger partial charge >= 0.3 is 11.9 Å². The molecule has 43 heavy (non-hydrogen) atoms. The summed E-state index contributed by atoms with van der Waals surface area (Å²) in [5.41, 5.74) is 2.93. The third-order valence-corrected chi connectivity index (χ3v) is 6.44. The van der Waals surface area contributed by atoms with Crippen molar-refractivity contribution < 1.29 is 43.5 Å². The summed E-state index contributed by atoms with van der Waals surface area (Å²) >= 11 is 0. The van der Waals surface area contributed by atoms with E-state index in [4.69, 9.17) is 23.7 Å². The predicted molar refractivity (Wildman–Crippen MR) is 163 cm³/mol. The molecule has 9 heteroatoms. The SMILES string of the molecule is C=CC(=O)Oc1cc(-c2cc(C)c(OCCOc3ccc(OC(=O)C(=C)C)cc3)c(C)c2)ccc1OCC(C)(CO)CO. The second-order valence-electron chi connectivity index (χ2n) is 10.5. The lowest BCUT2D eigenvalue weighted by atomic mass is 9.94. The number of carbonyl (C=O) groups excluding carboxylic acids is 2. The van der Waals surface area contributed by atoms with Crippen LogP contribution in [-0.2, 0) is 9.59 Å². The number of aliphatic hydroxyl groups is 2. The van der Waals surface area contributed by atoms with Gasteiger partial charge in [-0.25, -0.2) is 9.59 Å². The average molecular weight is 591 g/mol. The van der Waals surface area contributed by atoms with E-state index in [0.29, 0.717) is 36.0 Å². The van der Waals surface area contributed by atoms with Crippen molar-refractivity contribution in [2.45, 2.75) is 27.7 Å². The number of aryl methyl sites for hydroxylation is 2. The number of ether oxygens (including phenoxy) is 5. The summed E-state index contributed by atoms with van der Waals surface area (Å²) in [5, 5.41) is 19.2. The molecule has 0 aliphatic rings. The van der Waals surface area contributed by atoms with E-state index in [0.717, 1.165) is 34.1 Å². The van der Waals surface area contributed by atoms with Crippen LogP contribution in [0.1, 0.15) is 25.0 Å². The Kier molecular flexibility index (Phi) is 11.5. The van der Waals surface area contributed by atoms with Gasteiger partial charge in [-0.05, 0) is 91.6 Å². The molecule has 3 rings (SSSR count). The number of hydrogen-bond donors (Lipinski definition) is 2. The summed E-state index contributed by atoms with van der Waals surface area (Å²) in [5.74, 6) is 1.11. The van der Waals surface area contributed by atoms with Gasteiger partial charge < -0.3 is 33.9 Å². The van der Waals surface area contributed by atoms with Crippen molar-refractivity contribution in [2.75, 3.05) is 33.0 Å². The Hall–Kier alpha value is -4.60. The molecular weight excluding hydrogens is 552 g/mol. The summed E-state index contributed by atoms with van der Waals surface area (Å²) in [6, 6.07) is 15.9. The van der Waals surface area contributed by atoms with E-state index in [1.54, 1.807) is 50.2 Å². The van der Waals surface area contributed by atoms with Crippen molar-refractivity contribution in [1.82, 2.24) is 0 Å². The Morgan fingerprint density at radius 1 is 0.814 bits per heavy atom. The van der Waals surface area contributed by atoms with Crippen LogP contribution in [0.5, 0.6) is 28.7 Å². The van der Waals surface area contributed by atoms with E-state index >= 15 is 0 Å². The van der Waals surface area contributed by atoms with E-state index in [-0.39, 0.29) is 25.6 Å². The third-order valence-electron chi connectivity index (χ3n) is 6.44. The average Bonchev–Trinajstić information content (AvgIpc) is 2.99. The molecule has 0 atom stereocenters. The summed E-state index contributed by atoms with van der Waals surface area (Å²) in [4.78, 5) is 23.7. The molecule has 2 N–H and O–H groups in total. The fourth-order valence-corrected chi connectivity index (χ4v) is 3.88. The normalized spacial score (nSPS) is 10.9. The van der Waals surface area contributed by atoms with E-state index in [9.17, 15) is 19.8 Å². The molecule has 228 valence electrons. The molecule has 0 aliphatic heterocycles. The molecule has 3 aromatic carbocycles. The van der Waals surface area contributed by atoms with Crippen LogP contribution in [0.15, 0.2) is 79.4 Å². The zero-order valence-electron chi connectivity index (χ0n) is 25.0. The monoisotopic (exact) mass is 590 g/mol. The van der Waals surface area contributed by atoms with Crippen molar-refractivity contribution in [3.63, 3.8) is 0 Å². The van der Waals surface area contributed by atoms with E-state index in [1.807, 2.05) is 32.0 Å². The zero-order valence-corrected chi connectivity index (χ0v) is 25.0. The van der Waals surface area contributed by atoms with Gasteiger partial charge in [-0.15, -0.1) is 0 Å². The van der Waals surface area contributed by atoms with Gasteiger partial charge in [-0.2, -0.15) is 0 Å². The standard InChI is InChI=1S/C34H38O9/c1-7-31(37)43-30-18-25(8-13-29(30)41-21-34(6,19-35)20-36)26-16-23(4)32(24(5)17-26)40-15-14-39-27-9-11-28(12-10-27)42-33(38)22(2)3/h7-13,16-18,35-36H,1-2,14-15,19-21H2,3-6H3. The van der Waals surface area contributed by atoms with E-state index in [2.05, 4.69) is 13.2 Å². The number of benzene rings is 3. The van der Waals surface area contributed by atoms with Crippen LogP contribution in [0.4, 0.5) is 0 Å². The molecule has 0 aromatic heterocycles. The molecule has 0 saturated carbocycles. The van der Waals surface area contributed by atoms with E-state index in [1.165, 1.54) is 0 Å². The molecule has 0 saturated heterocycles. The first-order valence-electron chi connectivity index (χ1n) is 13.7. The minimum absolute atomic E-state index is 0.0160. The Labute approximate surface area is 251 Å². The van der Waals surface area contributed by atoms with Gasteiger partial charge in [0, 0.05) is 17.1 Å². The van der Waals surface area contributed by atoms with E-state index < -0.39 is 17.4 Å². The molecule has 3 aromatic rings. The van der Waals surface area contributed by atoms with Crippen molar-refractivity contribution in [2.24, 2.45) is 5.41 Å². The van der Waals surface area contributed by atoms with Crippen molar-refractivity contribution >= 4 is 11.9 Å². The van der Waals surface area contributed by atoms with Crippen LogP contribution in [0.2, 0.25) is 0 Å². The molecule has 9 nitrogen and oxygen atoms in total. The highest BCUT2D eigenvalue weighted by Gasteiger charge is 2.24. The summed E-state index contributed by atoms with van der Waals surface area (Å²) < 4.78 is 28.2. The lowest BCUT2D eigenvalue weighted by Crippen LogP contribution is -2.33. The Balaban J connectivity index is 1.68. The van der Waals surface area contributed by atoms with Crippen LogP contribution in [0.3, 0.4) is 0 Å². The first-order valence-corrected chi connectivity index (χ1v) is 13.7. The molecule has 0 spiro atoms. The number of hydrogen-bond acceptors (Lipinski definition) is 9. The maximum Gasteiger partial charge on any atom is 0.338 e. The van der Waals surface area contributed by atoms with Crippen LogP contribution in [-0.4, -0.2) is 55.2 Å². The minimum atomic E-state index is -0.862. The number of esters is 2. The number of rotatable bonds is 15. The largest absolute Gasteiger partial charge is 0.490 e. The zero-order chi connectivity index (χ0) is 31.6. The quantitative estimate of drug-likeness (QED) is 0.104. The molecular formula is C34H38O9. The van der Waals surface area contributed by atoms with Gasteiger partial charge in [0.2, 0.25) is 0 Å².